The molecular weight excluding hydrogens is 404 g/mol. The van der Waals surface area contributed by atoms with Crippen molar-refractivity contribution in [3.63, 3.8) is 0 Å². The lowest BCUT2D eigenvalue weighted by Gasteiger charge is -2.30. The number of hydrogen-bond donors (Lipinski definition) is 2. The number of anilines is 2. The van der Waals surface area contributed by atoms with E-state index in [1.165, 1.54) is 28.6 Å². The van der Waals surface area contributed by atoms with E-state index in [0.29, 0.717) is 37.4 Å². The minimum absolute atomic E-state index is 0.0582. The zero-order valence-corrected chi connectivity index (χ0v) is 17.3. The van der Waals surface area contributed by atoms with E-state index in [-0.39, 0.29) is 23.3 Å². The van der Waals surface area contributed by atoms with E-state index in [1.54, 1.807) is 6.07 Å². The van der Waals surface area contributed by atoms with Gasteiger partial charge in [-0.05, 0) is 49.2 Å². The zero-order valence-electron chi connectivity index (χ0n) is 16.5. The van der Waals surface area contributed by atoms with Crippen LogP contribution in [0.2, 0.25) is 0 Å². The molecule has 2 aliphatic heterocycles. The number of rotatable bonds is 5. The predicted octanol–water partition coefficient (Wildman–Crippen LogP) is 1.66. The van der Waals surface area contributed by atoms with E-state index in [2.05, 4.69) is 10.6 Å². The Kier molecular flexibility index (Phi) is 5.74. The molecule has 9 heteroatoms. The molecule has 2 aliphatic rings. The van der Waals surface area contributed by atoms with Gasteiger partial charge in [0.2, 0.25) is 15.9 Å². The molecular formula is C21H24N4O4S. The Hall–Kier alpha value is -2.91. The highest BCUT2D eigenvalue weighted by Crippen LogP contribution is 2.27. The molecule has 0 saturated carbocycles. The van der Waals surface area contributed by atoms with Gasteiger partial charge in [0, 0.05) is 31.7 Å². The van der Waals surface area contributed by atoms with Crippen LogP contribution >= 0.6 is 0 Å². The maximum Gasteiger partial charge on any atom is 0.255 e. The van der Waals surface area contributed by atoms with Crippen molar-refractivity contribution in [1.29, 1.82) is 0 Å². The highest BCUT2D eigenvalue weighted by atomic mass is 32.2. The molecule has 0 aromatic heterocycles. The monoisotopic (exact) mass is 428 g/mol. The number of carbonyl (C=O) groups excluding carboxylic acids is 2. The molecule has 0 unspecified atom stereocenters. The van der Waals surface area contributed by atoms with Gasteiger partial charge >= 0.3 is 0 Å². The summed E-state index contributed by atoms with van der Waals surface area (Å²) in [5.74, 6) is -0.397. The van der Waals surface area contributed by atoms with Gasteiger partial charge in [-0.25, -0.2) is 8.42 Å². The van der Waals surface area contributed by atoms with Crippen molar-refractivity contribution in [2.24, 2.45) is 0 Å². The van der Waals surface area contributed by atoms with Crippen molar-refractivity contribution >= 4 is 33.2 Å². The fraction of sp³-hybridized carbons (Fsp3) is 0.333. The van der Waals surface area contributed by atoms with Crippen LogP contribution in [0.25, 0.3) is 0 Å². The molecule has 0 atom stereocenters. The molecule has 2 aromatic rings. The van der Waals surface area contributed by atoms with Gasteiger partial charge in [-0.2, -0.15) is 4.31 Å². The molecule has 0 bridgehead atoms. The van der Waals surface area contributed by atoms with Crippen LogP contribution in [-0.4, -0.2) is 57.3 Å². The predicted molar refractivity (Wildman–Crippen MR) is 114 cm³/mol. The van der Waals surface area contributed by atoms with Crippen LogP contribution in [-0.2, 0) is 14.8 Å². The third kappa shape index (κ3) is 4.17. The zero-order chi connectivity index (χ0) is 21.1. The molecule has 2 heterocycles. The summed E-state index contributed by atoms with van der Waals surface area (Å²) in [7, 11) is -3.51. The lowest BCUT2D eigenvalue weighted by atomic mass is 10.2. The summed E-state index contributed by atoms with van der Waals surface area (Å²) >= 11 is 0. The number of carbonyl (C=O) groups is 2. The van der Waals surface area contributed by atoms with Gasteiger partial charge in [-0.15, -0.1) is 0 Å². The van der Waals surface area contributed by atoms with Gasteiger partial charge in [-0.1, -0.05) is 12.1 Å². The van der Waals surface area contributed by atoms with Crippen molar-refractivity contribution in [3.8, 4) is 0 Å². The van der Waals surface area contributed by atoms with Crippen molar-refractivity contribution in [2.75, 3.05) is 42.9 Å². The molecule has 0 aliphatic carbocycles. The second kappa shape index (κ2) is 8.45. The lowest BCUT2D eigenvalue weighted by molar-refractivity contribution is -0.120. The van der Waals surface area contributed by atoms with E-state index in [9.17, 15) is 18.0 Å². The Balaban J connectivity index is 1.50. The minimum Gasteiger partial charge on any atom is -0.359 e. The molecule has 2 amide bonds. The molecule has 8 nitrogen and oxygen atoms in total. The number of sulfonamides is 1. The SMILES string of the molecule is O=C1CN(c2ccccc2NC(=O)c2ccc(S(=O)(=O)N3CCCC3)cc2)CCN1. The summed E-state index contributed by atoms with van der Waals surface area (Å²) in [4.78, 5) is 26.6. The summed E-state index contributed by atoms with van der Waals surface area (Å²) in [5, 5.41) is 5.66. The first kappa shape index (κ1) is 20.4. The van der Waals surface area contributed by atoms with Gasteiger partial charge < -0.3 is 15.5 Å². The largest absolute Gasteiger partial charge is 0.359 e. The van der Waals surface area contributed by atoms with Crippen LogP contribution in [0.4, 0.5) is 11.4 Å². The molecule has 2 aromatic carbocycles. The molecule has 2 saturated heterocycles. The summed E-state index contributed by atoms with van der Waals surface area (Å²) in [6, 6.07) is 13.3. The Morgan fingerprint density at radius 2 is 1.67 bits per heavy atom. The smallest absolute Gasteiger partial charge is 0.255 e. The maximum absolute atomic E-state index is 12.8. The van der Waals surface area contributed by atoms with Crippen LogP contribution in [0.5, 0.6) is 0 Å². The number of nitrogens with one attached hydrogen (secondary N) is 2. The van der Waals surface area contributed by atoms with Crippen molar-refractivity contribution < 1.29 is 18.0 Å². The fourth-order valence-electron chi connectivity index (χ4n) is 3.75. The van der Waals surface area contributed by atoms with Crippen molar-refractivity contribution in [3.05, 3.63) is 54.1 Å². The number of para-hydroxylation sites is 2. The first-order chi connectivity index (χ1) is 14.4. The van der Waals surface area contributed by atoms with Crippen LogP contribution in [0.1, 0.15) is 23.2 Å². The van der Waals surface area contributed by atoms with Crippen LogP contribution in [0.3, 0.4) is 0 Å². The van der Waals surface area contributed by atoms with E-state index >= 15 is 0 Å². The minimum atomic E-state index is -3.51. The van der Waals surface area contributed by atoms with Gasteiger partial charge in [-0.3, -0.25) is 9.59 Å². The topological polar surface area (TPSA) is 98.8 Å². The highest BCUT2D eigenvalue weighted by molar-refractivity contribution is 7.89. The Bertz CT molecular complexity index is 1050. The average molecular weight is 429 g/mol. The normalized spacial score (nSPS) is 17.6. The number of piperazine rings is 1. The number of hydrogen-bond acceptors (Lipinski definition) is 5. The molecule has 2 N–H and O–H groups in total. The molecule has 158 valence electrons. The Morgan fingerprint density at radius 1 is 0.967 bits per heavy atom. The Labute approximate surface area is 175 Å². The lowest BCUT2D eigenvalue weighted by Crippen LogP contribution is -2.47. The Morgan fingerprint density at radius 3 is 2.37 bits per heavy atom. The first-order valence-corrected chi connectivity index (χ1v) is 11.4. The molecule has 4 rings (SSSR count). The number of amides is 2. The van der Waals surface area contributed by atoms with Crippen LogP contribution < -0.4 is 15.5 Å². The first-order valence-electron chi connectivity index (χ1n) is 9.97. The maximum atomic E-state index is 12.8. The van der Waals surface area contributed by atoms with Crippen molar-refractivity contribution in [1.82, 2.24) is 9.62 Å². The van der Waals surface area contributed by atoms with E-state index < -0.39 is 10.0 Å². The number of nitrogens with zero attached hydrogens (tertiary/aromatic N) is 2. The molecule has 0 spiro atoms. The summed E-state index contributed by atoms with van der Waals surface area (Å²) in [6.07, 6.45) is 1.75. The van der Waals surface area contributed by atoms with Crippen molar-refractivity contribution in [2.45, 2.75) is 17.7 Å². The van der Waals surface area contributed by atoms with Gasteiger partial charge in [0.1, 0.15) is 0 Å². The summed E-state index contributed by atoms with van der Waals surface area (Å²) in [5.41, 5.74) is 1.74. The third-order valence-corrected chi connectivity index (χ3v) is 7.26. The van der Waals surface area contributed by atoms with E-state index in [0.717, 1.165) is 18.5 Å². The number of benzene rings is 2. The second-order valence-corrected chi connectivity index (χ2v) is 9.32. The van der Waals surface area contributed by atoms with Gasteiger partial charge in [0.25, 0.3) is 5.91 Å². The van der Waals surface area contributed by atoms with E-state index in [4.69, 9.17) is 0 Å². The van der Waals surface area contributed by atoms with Gasteiger partial charge in [0.15, 0.2) is 0 Å². The highest BCUT2D eigenvalue weighted by Gasteiger charge is 2.27. The quantitative estimate of drug-likeness (QED) is 0.755. The molecule has 0 radical (unpaired) electrons. The molecule has 30 heavy (non-hydrogen) atoms. The standard InChI is InChI=1S/C21H24N4O4S/c26-20-15-24(14-11-22-20)19-6-2-1-5-18(19)23-21(27)16-7-9-17(10-8-16)30(28,29)25-12-3-4-13-25/h1-2,5-10H,3-4,11-15H2,(H,22,26)(H,23,27). The summed E-state index contributed by atoms with van der Waals surface area (Å²) < 4.78 is 26.8. The fourth-order valence-corrected chi connectivity index (χ4v) is 5.27. The van der Waals surface area contributed by atoms with Crippen LogP contribution in [0, 0.1) is 0 Å². The third-order valence-electron chi connectivity index (χ3n) is 5.35. The average Bonchev–Trinajstić information content (AvgIpc) is 3.30. The van der Waals surface area contributed by atoms with Crippen LogP contribution in [0.15, 0.2) is 53.4 Å². The summed E-state index contributed by atoms with van der Waals surface area (Å²) in [6.45, 7) is 2.51. The van der Waals surface area contributed by atoms with Gasteiger partial charge in [0.05, 0.1) is 22.8 Å². The molecule has 2 fully saturated rings. The second-order valence-electron chi connectivity index (χ2n) is 7.38. The van der Waals surface area contributed by atoms with E-state index in [1.807, 2.05) is 23.1 Å².